The molecule has 1 aromatic carbocycles. The van der Waals surface area contributed by atoms with Crippen LogP contribution in [0.25, 0.3) is 0 Å². The lowest BCUT2D eigenvalue weighted by molar-refractivity contribution is -0.132. The molecule has 2 aromatic rings. The van der Waals surface area contributed by atoms with Gasteiger partial charge in [0, 0.05) is 43.5 Å². The van der Waals surface area contributed by atoms with Gasteiger partial charge in [0.05, 0.1) is 11.8 Å². The fraction of sp³-hybridized carbons (Fsp3) is 0.333. The van der Waals surface area contributed by atoms with E-state index in [0.29, 0.717) is 44.6 Å². The van der Waals surface area contributed by atoms with E-state index in [1.165, 1.54) is 0 Å². The number of rotatable bonds is 4. The van der Waals surface area contributed by atoms with E-state index in [1.807, 2.05) is 41.3 Å². The van der Waals surface area contributed by atoms with Crippen molar-refractivity contribution in [3.63, 3.8) is 0 Å². The minimum absolute atomic E-state index is 0.00478. The highest BCUT2D eigenvalue weighted by molar-refractivity contribution is 9.10. The van der Waals surface area contributed by atoms with Crippen molar-refractivity contribution in [2.75, 3.05) is 26.2 Å². The van der Waals surface area contributed by atoms with E-state index in [-0.39, 0.29) is 11.8 Å². The number of hydrogen-bond acceptors (Lipinski definition) is 3. The second-order valence-electron chi connectivity index (χ2n) is 5.73. The molecule has 0 N–H and O–H groups in total. The van der Waals surface area contributed by atoms with E-state index in [1.54, 1.807) is 11.2 Å². The molecule has 0 unspecified atom stereocenters. The Kier molecular flexibility index (Phi) is 5.35. The zero-order chi connectivity index (χ0) is 16.9. The van der Waals surface area contributed by atoms with Crippen LogP contribution < -0.4 is 0 Å². The molecule has 5 nitrogen and oxygen atoms in total. The smallest absolute Gasteiger partial charge is 0.255 e. The van der Waals surface area contributed by atoms with Crippen LogP contribution in [0.4, 0.5) is 0 Å². The van der Waals surface area contributed by atoms with E-state index in [0.717, 1.165) is 10.2 Å². The maximum absolute atomic E-state index is 12.6. The van der Waals surface area contributed by atoms with E-state index in [4.69, 9.17) is 4.42 Å². The Hall–Kier alpha value is -2.08. The first kappa shape index (κ1) is 16.8. The molecule has 0 saturated carbocycles. The Morgan fingerprint density at radius 2 is 1.71 bits per heavy atom. The lowest BCUT2D eigenvalue weighted by Crippen LogP contribution is -2.50. The molecular weight excluding hydrogens is 372 g/mol. The zero-order valence-corrected chi connectivity index (χ0v) is 14.9. The van der Waals surface area contributed by atoms with E-state index in [9.17, 15) is 9.59 Å². The van der Waals surface area contributed by atoms with Crippen LogP contribution in [-0.2, 0) is 11.2 Å². The molecular formula is C18H19BrN2O3. The van der Waals surface area contributed by atoms with Gasteiger partial charge in [-0.1, -0.05) is 12.1 Å². The molecule has 24 heavy (non-hydrogen) atoms. The van der Waals surface area contributed by atoms with Crippen LogP contribution in [0.15, 0.2) is 51.6 Å². The van der Waals surface area contributed by atoms with Crippen LogP contribution in [0.1, 0.15) is 22.5 Å². The number of aryl methyl sites for hydroxylation is 1. The SMILES string of the molecule is O=C(CCc1ccco1)N1CCN(C(=O)c2ccccc2Br)CC1. The van der Waals surface area contributed by atoms with Gasteiger partial charge in [-0.15, -0.1) is 0 Å². The molecule has 1 aliphatic heterocycles. The molecule has 0 radical (unpaired) electrons. The number of nitrogens with zero attached hydrogens (tertiary/aromatic N) is 2. The maximum Gasteiger partial charge on any atom is 0.255 e. The normalized spacial score (nSPS) is 14.7. The van der Waals surface area contributed by atoms with E-state index in [2.05, 4.69) is 15.9 Å². The largest absolute Gasteiger partial charge is 0.469 e. The molecule has 1 aromatic heterocycles. The van der Waals surface area contributed by atoms with Crippen molar-refractivity contribution >= 4 is 27.7 Å². The number of carbonyl (C=O) groups excluding carboxylic acids is 2. The van der Waals surface area contributed by atoms with E-state index >= 15 is 0 Å². The van der Waals surface area contributed by atoms with Crippen molar-refractivity contribution in [2.45, 2.75) is 12.8 Å². The van der Waals surface area contributed by atoms with Crippen molar-refractivity contribution in [3.8, 4) is 0 Å². The van der Waals surface area contributed by atoms with Gasteiger partial charge in [0.1, 0.15) is 5.76 Å². The summed E-state index contributed by atoms with van der Waals surface area (Å²) in [6.45, 7) is 2.28. The molecule has 2 amide bonds. The fourth-order valence-corrected chi connectivity index (χ4v) is 3.26. The Morgan fingerprint density at radius 3 is 2.38 bits per heavy atom. The van der Waals surface area contributed by atoms with Crippen molar-refractivity contribution in [2.24, 2.45) is 0 Å². The van der Waals surface area contributed by atoms with Gasteiger partial charge in [-0.25, -0.2) is 0 Å². The van der Waals surface area contributed by atoms with E-state index < -0.39 is 0 Å². The summed E-state index contributed by atoms with van der Waals surface area (Å²) in [4.78, 5) is 28.5. The van der Waals surface area contributed by atoms with Crippen molar-refractivity contribution < 1.29 is 14.0 Å². The molecule has 2 heterocycles. The van der Waals surface area contributed by atoms with Crippen LogP contribution in [0.2, 0.25) is 0 Å². The third-order valence-corrected chi connectivity index (χ3v) is 4.88. The standard InChI is InChI=1S/C18H19BrN2O3/c19-16-6-2-1-5-15(16)18(23)21-11-9-20(10-12-21)17(22)8-7-14-4-3-13-24-14/h1-6,13H,7-12H2. The highest BCUT2D eigenvalue weighted by Crippen LogP contribution is 2.19. The number of carbonyl (C=O) groups is 2. The van der Waals surface area contributed by atoms with Crippen LogP contribution in [-0.4, -0.2) is 47.8 Å². The summed E-state index contributed by atoms with van der Waals surface area (Å²) in [5, 5.41) is 0. The van der Waals surface area contributed by atoms with Gasteiger partial charge >= 0.3 is 0 Å². The van der Waals surface area contributed by atoms with Gasteiger partial charge in [0.15, 0.2) is 0 Å². The third kappa shape index (κ3) is 3.87. The van der Waals surface area contributed by atoms with Crippen molar-refractivity contribution in [1.82, 2.24) is 9.80 Å². The molecule has 6 heteroatoms. The zero-order valence-electron chi connectivity index (χ0n) is 13.3. The molecule has 0 atom stereocenters. The summed E-state index contributed by atoms with van der Waals surface area (Å²) in [5.41, 5.74) is 0.662. The quantitative estimate of drug-likeness (QED) is 0.806. The molecule has 1 fully saturated rings. The average Bonchev–Trinajstić information content (AvgIpc) is 3.13. The minimum atomic E-state index is 0.00478. The summed E-state index contributed by atoms with van der Waals surface area (Å²) in [6, 6.07) is 11.1. The number of furan rings is 1. The molecule has 1 saturated heterocycles. The lowest BCUT2D eigenvalue weighted by Gasteiger charge is -2.35. The average molecular weight is 391 g/mol. The highest BCUT2D eigenvalue weighted by Gasteiger charge is 2.25. The third-order valence-electron chi connectivity index (χ3n) is 4.19. The molecule has 0 bridgehead atoms. The first-order valence-corrected chi connectivity index (χ1v) is 8.78. The van der Waals surface area contributed by atoms with Gasteiger partial charge in [-0.2, -0.15) is 0 Å². The molecule has 1 aliphatic rings. The van der Waals surface area contributed by atoms with Crippen LogP contribution in [0.3, 0.4) is 0 Å². The summed E-state index contributed by atoms with van der Waals surface area (Å²) >= 11 is 3.42. The number of amides is 2. The monoisotopic (exact) mass is 390 g/mol. The van der Waals surface area contributed by atoms with Crippen LogP contribution >= 0.6 is 15.9 Å². The van der Waals surface area contributed by atoms with Gasteiger partial charge in [0.25, 0.3) is 5.91 Å². The lowest BCUT2D eigenvalue weighted by atomic mass is 10.1. The number of piperazine rings is 1. The van der Waals surface area contributed by atoms with Crippen LogP contribution in [0, 0.1) is 0 Å². The molecule has 3 rings (SSSR count). The topological polar surface area (TPSA) is 53.8 Å². The Morgan fingerprint density at radius 1 is 1.00 bits per heavy atom. The minimum Gasteiger partial charge on any atom is -0.469 e. The molecule has 0 spiro atoms. The maximum atomic E-state index is 12.6. The fourth-order valence-electron chi connectivity index (χ4n) is 2.81. The van der Waals surface area contributed by atoms with Crippen LogP contribution in [0.5, 0.6) is 0 Å². The first-order valence-electron chi connectivity index (χ1n) is 7.99. The second kappa shape index (κ2) is 7.66. The predicted octanol–water partition coefficient (Wildman–Crippen LogP) is 2.96. The van der Waals surface area contributed by atoms with Gasteiger partial charge < -0.3 is 14.2 Å². The van der Waals surface area contributed by atoms with Crippen molar-refractivity contribution in [1.29, 1.82) is 0 Å². The Labute approximate surface area is 149 Å². The number of halogens is 1. The first-order chi connectivity index (χ1) is 11.6. The summed E-state index contributed by atoms with van der Waals surface area (Å²) in [6.07, 6.45) is 2.67. The van der Waals surface area contributed by atoms with Crippen molar-refractivity contribution in [3.05, 3.63) is 58.5 Å². The predicted molar refractivity (Wildman–Crippen MR) is 93.7 cm³/mol. The number of hydrogen-bond donors (Lipinski definition) is 0. The Balaban J connectivity index is 1.51. The summed E-state index contributed by atoms with van der Waals surface area (Å²) in [5.74, 6) is 0.940. The summed E-state index contributed by atoms with van der Waals surface area (Å²) in [7, 11) is 0. The van der Waals surface area contributed by atoms with Gasteiger partial charge in [-0.05, 0) is 40.2 Å². The number of benzene rings is 1. The van der Waals surface area contributed by atoms with Gasteiger partial charge in [-0.3, -0.25) is 9.59 Å². The molecule has 0 aliphatic carbocycles. The molecule has 126 valence electrons. The second-order valence-corrected chi connectivity index (χ2v) is 6.59. The van der Waals surface area contributed by atoms with Gasteiger partial charge in [0.2, 0.25) is 5.91 Å². The Bertz CT molecular complexity index is 707. The highest BCUT2D eigenvalue weighted by atomic mass is 79.9. The summed E-state index contributed by atoms with van der Waals surface area (Å²) < 4.78 is 6.05.